The number of pyridine rings is 1. The minimum absolute atomic E-state index is 0.0704. The van der Waals surface area contributed by atoms with Crippen LogP contribution in [0.4, 0.5) is 0 Å². The molecule has 0 saturated heterocycles. The number of amides is 1. The molecule has 2 heterocycles. The fourth-order valence-electron chi connectivity index (χ4n) is 2.84. The maximum atomic E-state index is 12.3. The zero-order valence-electron chi connectivity index (χ0n) is 12.1. The average Bonchev–Trinajstić information content (AvgIpc) is 2.71. The van der Waals surface area contributed by atoms with Crippen molar-refractivity contribution in [3.05, 3.63) is 57.4 Å². The molecule has 1 aromatic carbocycles. The van der Waals surface area contributed by atoms with E-state index in [1.54, 1.807) is 23.7 Å². The fourth-order valence-corrected chi connectivity index (χ4v) is 3.73. The molecule has 0 aliphatic carbocycles. The van der Waals surface area contributed by atoms with Crippen molar-refractivity contribution >= 4 is 17.7 Å². The van der Waals surface area contributed by atoms with Crippen LogP contribution in [0, 0.1) is 6.92 Å². The van der Waals surface area contributed by atoms with E-state index in [9.17, 15) is 9.59 Å². The van der Waals surface area contributed by atoms with E-state index >= 15 is 0 Å². The molecule has 2 aromatic rings. The van der Waals surface area contributed by atoms with Crippen molar-refractivity contribution in [2.24, 2.45) is 0 Å². The zero-order chi connectivity index (χ0) is 15.1. The summed E-state index contributed by atoms with van der Waals surface area (Å²) in [6.07, 6.45) is 1.97. The van der Waals surface area contributed by atoms with Gasteiger partial charge in [0.2, 0.25) is 5.56 Å². The highest BCUT2D eigenvalue weighted by atomic mass is 32.2. The van der Waals surface area contributed by atoms with Crippen LogP contribution in [0.15, 0.2) is 35.1 Å². The third-order valence-electron chi connectivity index (χ3n) is 3.87. The fraction of sp³-hybridized carbons (Fsp3) is 0.250. The first-order valence-corrected chi connectivity index (χ1v) is 7.96. The Balaban J connectivity index is 2.34. The molecule has 0 bridgehead atoms. The van der Waals surface area contributed by atoms with Crippen LogP contribution in [0.5, 0.6) is 0 Å². The highest BCUT2D eigenvalue weighted by Crippen LogP contribution is 2.43. The van der Waals surface area contributed by atoms with E-state index in [1.165, 1.54) is 6.07 Å². The lowest BCUT2D eigenvalue weighted by Crippen LogP contribution is -2.21. The molecule has 1 atom stereocenters. The van der Waals surface area contributed by atoms with Crippen molar-refractivity contribution < 1.29 is 4.79 Å². The van der Waals surface area contributed by atoms with Crippen molar-refractivity contribution in [1.82, 2.24) is 9.88 Å². The standard InChI is InChI=1S/C16H16N2O2S/c1-9-6-4-5-7-10(9)14-13-11(8-12(19)17-14)15(20)18(2)16(13)21-3/h4-8,16H,1-3H3,(H,17,19). The minimum atomic E-state index is -0.240. The van der Waals surface area contributed by atoms with Crippen LogP contribution in [0.2, 0.25) is 0 Å². The number of fused-ring (bicyclic) bond motifs is 1. The predicted octanol–water partition coefficient (Wildman–Crippen LogP) is 2.80. The van der Waals surface area contributed by atoms with Gasteiger partial charge in [-0.15, -0.1) is 11.8 Å². The lowest BCUT2D eigenvalue weighted by atomic mass is 9.99. The Hall–Kier alpha value is -2.01. The van der Waals surface area contributed by atoms with Gasteiger partial charge in [-0.05, 0) is 18.7 Å². The number of thioether (sulfide) groups is 1. The number of nitrogens with one attached hydrogen (secondary N) is 1. The number of H-pyrrole nitrogens is 1. The molecule has 0 fully saturated rings. The maximum Gasteiger partial charge on any atom is 0.255 e. The molecule has 1 amide bonds. The van der Waals surface area contributed by atoms with Crippen LogP contribution in [0.25, 0.3) is 11.3 Å². The van der Waals surface area contributed by atoms with Crippen LogP contribution in [0.1, 0.15) is 26.9 Å². The summed E-state index contributed by atoms with van der Waals surface area (Å²) in [5, 5.41) is -0.0704. The molecular formula is C16H16N2O2S. The van der Waals surface area contributed by atoms with Gasteiger partial charge in [0.15, 0.2) is 0 Å². The molecule has 0 radical (unpaired) electrons. The van der Waals surface area contributed by atoms with Gasteiger partial charge >= 0.3 is 0 Å². The molecule has 0 spiro atoms. The quantitative estimate of drug-likeness (QED) is 0.928. The van der Waals surface area contributed by atoms with Gasteiger partial charge in [-0.3, -0.25) is 9.59 Å². The second-order valence-corrected chi connectivity index (χ2v) is 6.07. The van der Waals surface area contributed by atoms with Gasteiger partial charge in [0.25, 0.3) is 5.91 Å². The monoisotopic (exact) mass is 300 g/mol. The molecule has 0 saturated carbocycles. The Bertz CT molecular complexity index is 782. The van der Waals surface area contributed by atoms with Gasteiger partial charge in [-0.25, -0.2) is 0 Å². The molecule has 1 aliphatic heterocycles. The highest BCUT2D eigenvalue weighted by Gasteiger charge is 2.37. The number of benzene rings is 1. The van der Waals surface area contributed by atoms with E-state index in [2.05, 4.69) is 4.98 Å². The minimum Gasteiger partial charge on any atom is -0.325 e. The largest absolute Gasteiger partial charge is 0.325 e. The van der Waals surface area contributed by atoms with Crippen molar-refractivity contribution in [2.45, 2.75) is 12.3 Å². The van der Waals surface area contributed by atoms with Gasteiger partial charge in [-0.1, -0.05) is 24.3 Å². The van der Waals surface area contributed by atoms with E-state index in [0.717, 1.165) is 22.4 Å². The van der Waals surface area contributed by atoms with Crippen molar-refractivity contribution in [3.63, 3.8) is 0 Å². The average molecular weight is 300 g/mol. The number of hydrogen-bond acceptors (Lipinski definition) is 3. The summed E-state index contributed by atoms with van der Waals surface area (Å²) < 4.78 is 0. The van der Waals surface area contributed by atoms with E-state index in [0.29, 0.717) is 5.56 Å². The summed E-state index contributed by atoms with van der Waals surface area (Å²) in [5.41, 5.74) is 3.97. The second-order valence-electron chi connectivity index (χ2n) is 5.15. The predicted molar refractivity (Wildman–Crippen MR) is 85.6 cm³/mol. The number of aryl methyl sites for hydroxylation is 1. The maximum absolute atomic E-state index is 12.3. The zero-order valence-corrected chi connectivity index (χ0v) is 13.0. The van der Waals surface area contributed by atoms with E-state index in [-0.39, 0.29) is 16.8 Å². The number of nitrogens with zero attached hydrogens (tertiary/aromatic N) is 1. The van der Waals surface area contributed by atoms with Crippen LogP contribution in [-0.2, 0) is 0 Å². The number of aromatic amines is 1. The molecular weight excluding hydrogens is 284 g/mol. The smallest absolute Gasteiger partial charge is 0.255 e. The summed E-state index contributed by atoms with van der Waals surface area (Å²) in [6.45, 7) is 2.00. The Labute approximate surface area is 127 Å². The molecule has 3 rings (SSSR count). The van der Waals surface area contributed by atoms with Gasteiger partial charge in [0, 0.05) is 24.2 Å². The summed E-state index contributed by atoms with van der Waals surface area (Å²) in [7, 11) is 1.77. The lowest BCUT2D eigenvalue weighted by molar-refractivity contribution is 0.0813. The highest BCUT2D eigenvalue weighted by molar-refractivity contribution is 7.98. The third-order valence-corrected chi connectivity index (χ3v) is 4.87. The van der Waals surface area contributed by atoms with Crippen molar-refractivity contribution in [1.29, 1.82) is 0 Å². The number of rotatable bonds is 2. The summed E-state index contributed by atoms with van der Waals surface area (Å²) >= 11 is 1.59. The molecule has 1 unspecified atom stereocenters. The number of carbonyl (C=O) groups is 1. The number of aromatic nitrogens is 1. The summed E-state index contributed by atoms with van der Waals surface area (Å²) in [5.74, 6) is -0.0923. The van der Waals surface area contributed by atoms with Crippen LogP contribution in [-0.4, -0.2) is 29.1 Å². The van der Waals surface area contributed by atoms with E-state index in [4.69, 9.17) is 0 Å². The molecule has 4 nitrogen and oxygen atoms in total. The molecule has 1 aliphatic rings. The second kappa shape index (κ2) is 5.07. The van der Waals surface area contributed by atoms with E-state index < -0.39 is 0 Å². The molecule has 1 aromatic heterocycles. The van der Waals surface area contributed by atoms with Crippen LogP contribution >= 0.6 is 11.8 Å². The first-order chi connectivity index (χ1) is 10.0. The van der Waals surface area contributed by atoms with Gasteiger partial charge in [0.1, 0.15) is 5.37 Å². The molecule has 108 valence electrons. The summed E-state index contributed by atoms with van der Waals surface area (Å²) in [6, 6.07) is 9.28. The van der Waals surface area contributed by atoms with Gasteiger partial charge in [-0.2, -0.15) is 0 Å². The van der Waals surface area contributed by atoms with Gasteiger partial charge < -0.3 is 9.88 Å². The van der Waals surface area contributed by atoms with Gasteiger partial charge in [0.05, 0.1) is 11.3 Å². The van der Waals surface area contributed by atoms with Crippen LogP contribution < -0.4 is 5.56 Å². The third kappa shape index (κ3) is 2.08. The first kappa shape index (κ1) is 13.9. The summed E-state index contributed by atoms with van der Waals surface area (Å²) in [4.78, 5) is 28.9. The Morgan fingerprint density at radius 2 is 1.90 bits per heavy atom. The Kier molecular flexibility index (Phi) is 3.37. The van der Waals surface area contributed by atoms with Crippen molar-refractivity contribution in [2.75, 3.05) is 13.3 Å². The Morgan fingerprint density at radius 3 is 2.57 bits per heavy atom. The topological polar surface area (TPSA) is 53.2 Å². The first-order valence-electron chi connectivity index (χ1n) is 6.67. The van der Waals surface area contributed by atoms with Crippen molar-refractivity contribution in [3.8, 4) is 11.3 Å². The molecule has 1 N–H and O–H groups in total. The number of carbonyl (C=O) groups excluding carboxylic acids is 1. The molecule has 21 heavy (non-hydrogen) atoms. The lowest BCUT2D eigenvalue weighted by Gasteiger charge is -2.20. The normalized spacial score (nSPS) is 17.2. The number of hydrogen-bond donors (Lipinski definition) is 1. The SMILES string of the molecule is CSC1c2c(cc(=O)[nH]c2-c2ccccc2C)C(=O)N1C. The van der Waals surface area contributed by atoms with Crippen LogP contribution in [0.3, 0.4) is 0 Å². The van der Waals surface area contributed by atoms with E-state index in [1.807, 2.05) is 37.4 Å². The Morgan fingerprint density at radius 1 is 1.19 bits per heavy atom. The molecule has 5 heteroatoms.